The summed E-state index contributed by atoms with van der Waals surface area (Å²) in [6.07, 6.45) is 3.52. The molecule has 82 valence electrons. The molecule has 0 aromatic heterocycles. The van der Waals surface area contributed by atoms with E-state index in [-0.39, 0.29) is 5.91 Å². The van der Waals surface area contributed by atoms with Gasteiger partial charge in [-0.05, 0) is 19.3 Å². The third kappa shape index (κ3) is 2.68. The summed E-state index contributed by atoms with van der Waals surface area (Å²) < 4.78 is 23.6. The summed E-state index contributed by atoms with van der Waals surface area (Å²) >= 11 is 0. The van der Waals surface area contributed by atoms with Crippen LogP contribution in [0.5, 0.6) is 0 Å². The standard InChI is InChI=1S/C8H16N2O3S/c1-10(14(2,12)13)7-5-3-4-6-9-8(7)11/h7H,3-6H2,1-2H3,(H,9,11). The number of hydrogen-bond acceptors (Lipinski definition) is 3. The van der Waals surface area contributed by atoms with Crippen LogP contribution in [0.2, 0.25) is 0 Å². The fraction of sp³-hybridized carbons (Fsp3) is 0.875. The summed E-state index contributed by atoms with van der Waals surface area (Å²) in [7, 11) is -1.83. The molecule has 1 aliphatic heterocycles. The molecule has 1 aliphatic rings. The van der Waals surface area contributed by atoms with Crippen molar-refractivity contribution < 1.29 is 13.2 Å². The van der Waals surface area contributed by atoms with E-state index in [1.54, 1.807) is 0 Å². The predicted molar refractivity (Wildman–Crippen MR) is 53.3 cm³/mol. The van der Waals surface area contributed by atoms with Gasteiger partial charge in [-0.3, -0.25) is 4.79 Å². The van der Waals surface area contributed by atoms with Crippen molar-refractivity contribution >= 4 is 15.9 Å². The quantitative estimate of drug-likeness (QED) is 0.685. The molecule has 0 bridgehead atoms. The highest BCUT2D eigenvalue weighted by atomic mass is 32.2. The van der Waals surface area contributed by atoms with Gasteiger partial charge in [0.05, 0.1) is 6.26 Å². The molecule has 1 fully saturated rings. The third-order valence-corrected chi connectivity index (χ3v) is 3.77. The summed E-state index contributed by atoms with van der Waals surface area (Å²) in [6, 6.07) is -0.535. The van der Waals surface area contributed by atoms with Gasteiger partial charge in [0.1, 0.15) is 6.04 Å². The first-order valence-corrected chi connectivity index (χ1v) is 6.48. The summed E-state index contributed by atoms with van der Waals surface area (Å²) in [4.78, 5) is 11.5. The molecular formula is C8H16N2O3S. The predicted octanol–water partition coefficient (Wildman–Crippen LogP) is -0.453. The van der Waals surface area contributed by atoms with Gasteiger partial charge in [-0.25, -0.2) is 8.42 Å². The molecule has 1 N–H and O–H groups in total. The van der Waals surface area contributed by atoms with Crippen LogP contribution in [0.1, 0.15) is 19.3 Å². The number of nitrogens with one attached hydrogen (secondary N) is 1. The van der Waals surface area contributed by atoms with E-state index in [2.05, 4.69) is 5.32 Å². The van der Waals surface area contributed by atoms with E-state index >= 15 is 0 Å². The number of hydrogen-bond donors (Lipinski definition) is 1. The zero-order chi connectivity index (χ0) is 10.8. The minimum absolute atomic E-state index is 0.185. The number of sulfonamides is 1. The van der Waals surface area contributed by atoms with E-state index in [9.17, 15) is 13.2 Å². The molecule has 0 aromatic rings. The third-order valence-electron chi connectivity index (χ3n) is 2.47. The van der Waals surface area contributed by atoms with Gasteiger partial charge in [-0.2, -0.15) is 4.31 Å². The van der Waals surface area contributed by atoms with Gasteiger partial charge >= 0.3 is 0 Å². The van der Waals surface area contributed by atoms with Crippen LogP contribution in [0.4, 0.5) is 0 Å². The van der Waals surface area contributed by atoms with Gasteiger partial charge in [-0.1, -0.05) is 0 Å². The van der Waals surface area contributed by atoms with Crippen LogP contribution >= 0.6 is 0 Å². The van der Waals surface area contributed by atoms with Crippen LogP contribution < -0.4 is 5.32 Å². The smallest absolute Gasteiger partial charge is 0.238 e. The Labute approximate surface area is 84.5 Å². The van der Waals surface area contributed by atoms with Crippen molar-refractivity contribution in [3.8, 4) is 0 Å². The second kappa shape index (κ2) is 4.27. The van der Waals surface area contributed by atoms with Crippen molar-refractivity contribution in [2.45, 2.75) is 25.3 Å². The highest BCUT2D eigenvalue weighted by Gasteiger charge is 2.29. The maximum atomic E-state index is 11.5. The number of amides is 1. The van der Waals surface area contributed by atoms with Crippen LogP contribution in [0.25, 0.3) is 0 Å². The second-order valence-electron chi connectivity index (χ2n) is 3.58. The Morgan fingerprint density at radius 3 is 2.64 bits per heavy atom. The fourth-order valence-corrected chi connectivity index (χ4v) is 2.16. The zero-order valence-corrected chi connectivity index (χ0v) is 9.30. The van der Waals surface area contributed by atoms with Crippen LogP contribution in [0.15, 0.2) is 0 Å². The molecular weight excluding hydrogens is 204 g/mol. The monoisotopic (exact) mass is 220 g/mol. The molecule has 5 nitrogen and oxygen atoms in total. The molecule has 0 spiro atoms. The average Bonchev–Trinajstić information content (AvgIpc) is 2.27. The van der Waals surface area contributed by atoms with E-state index in [0.29, 0.717) is 13.0 Å². The Morgan fingerprint density at radius 2 is 2.07 bits per heavy atom. The molecule has 14 heavy (non-hydrogen) atoms. The molecule has 0 aliphatic carbocycles. The normalized spacial score (nSPS) is 24.5. The number of likely N-dealkylation sites (N-methyl/N-ethyl adjacent to an activating group) is 1. The van der Waals surface area contributed by atoms with E-state index in [4.69, 9.17) is 0 Å². The fourth-order valence-electron chi connectivity index (χ4n) is 1.50. The Kier molecular flexibility index (Phi) is 3.49. The van der Waals surface area contributed by atoms with Crippen molar-refractivity contribution in [3.63, 3.8) is 0 Å². The van der Waals surface area contributed by atoms with E-state index in [0.717, 1.165) is 23.4 Å². The van der Waals surface area contributed by atoms with Crippen molar-refractivity contribution in [1.29, 1.82) is 0 Å². The molecule has 6 heteroatoms. The average molecular weight is 220 g/mol. The molecule has 1 saturated heterocycles. The molecule has 1 heterocycles. The van der Waals surface area contributed by atoms with E-state index in [1.165, 1.54) is 7.05 Å². The highest BCUT2D eigenvalue weighted by molar-refractivity contribution is 7.88. The number of rotatable bonds is 2. The van der Waals surface area contributed by atoms with Crippen molar-refractivity contribution in [2.24, 2.45) is 0 Å². The SMILES string of the molecule is CN(C1CCCCNC1=O)S(C)(=O)=O. The molecule has 1 unspecified atom stereocenters. The second-order valence-corrected chi connectivity index (χ2v) is 5.62. The molecule has 0 saturated carbocycles. The van der Waals surface area contributed by atoms with Gasteiger partial charge in [0.15, 0.2) is 0 Å². The van der Waals surface area contributed by atoms with Crippen molar-refractivity contribution in [3.05, 3.63) is 0 Å². The first kappa shape index (κ1) is 11.5. The van der Waals surface area contributed by atoms with Gasteiger partial charge < -0.3 is 5.32 Å². The highest BCUT2D eigenvalue weighted by Crippen LogP contribution is 2.13. The Balaban J connectivity index is 2.79. The number of carbonyl (C=O) groups is 1. The zero-order valence-electron chi connectivity index (χ0n) is 8.49. The molecule has 0 aromatic carbocycles. The van der Waals surface area contributed by atoms with Gasteiger partial charge in [-0.15, -0.1) is 0 Å². The Hall–Kier alpha value is -0.620. The van der Waals surface area contributed by atoms with Crippen molar-refractivity contribution in [2.75, 3.05) is 19.8 Å². The largest absolute Gasteiger partial charge is 0.355 e. The lowest BCUT2D eigenvalue weighted by molar-refractivity contribution is -0.124. The van der Waals surface area contributed by atoms with Crippen LogP contribution in [0.3, 0.4) is 0 Å². The first-order valence-electron chi connectivity index (χ1n) is 4.63. The lowest BCUT2D eigenvalue weighted by atomic mass is 10.1. The summed E-state index contributed by atoms with van der Waals surface area (Å²) in [5.74, 6) is -0.185. The van der Waals surface area contributed by atoms with Gasteiger partial charge in [0.25, 0.3) is 0 Å². The minimum atomic E-state index is -3.28. The summed E-state index contributed by atoms with van der Waals surface area (Å²) in [5, 5.41) is 2.70. The lowest BCUT2D eigenvalue weighted by Crippen LogP contribution is -2.46. The molecule has 1 atom stereocenters. The summed E-state index contributed by atoms with van der Waals surface area (Å²) in [5.41, 5.74) is 0. The van der Waals surface area contributed by atoms with Crippen LogP contribution in [-0.4, -0.2) is 44.5 Å². The maximum Gasteiger partial charge on any atom is 0.238 e. The lowest BCUT2D eigenvalue weighted by Gasteiger charge is -2.23. The van der Waals surface area contributed by atoms with Gasteiger partial charge in [0, 0.05) is 13.6 Å². The molecule has 1 amide bonds. The molecule has 0 radical (unpaired) electrons. The maximum absolute atomic E-state index is 11.5. The van der Waals surface area contributed by atoms with Crippen molar-refractivity contribution in [1.82, 2.24) is 9.62 Å². The van der Waals surface area contributed by atoms with Crippen LogP contribution in [-0.2, 0) is 14.8 Å². The van der Waals surface area contributed by atoms with E-state index < -0.39 is 16.1 Å². The van der Waals surface area contributed by atoms with Gasteiger partial charge in [0.2, 0.25) is 15.9 Å². The number of carbonyl (C=O) groups excluding carboxylic acids is 1. The summed E-state index contributed by atoms with van der Waals surface area (Å²) in [6.45, 7) is 0.646. The number of nitrogens with zero attached hydrogens (tertiary/aromatic N) is 1. The van der Waals surface area contributed by atoms with E-state index in [1.807, 2.05) is 0 Å². The molecule has 1 rings (SSSR count). The first-order chi connectivity index (χ1) is 6.43. The Bertz CT molecular complexity index is 313. The topological polar surface area (TPSA) is 66.5 Å². The Morgan fingerprint density at radius 1 is 1.43 bits per heavy atom. The minimum Gasteiger partial charge on any atom is -0.355 e. The van der Waals surface area contributed by atoms with Crippen LogP contribution in [0, 0.1) is 0 Å².